The van der Waals surface area contributed by atoms with Gasteiger partial charge in [-0.15, -0.1) is 0 Å². The Balaban J connectivity index is 5.54. The molecule has 0 atom stereocenters. The molecule has 0 spiro atoms. The molecule has 0 radical (unpaired) electrons. The van der Waals surface area contributed by atoms with E-state index in [1.54, 1.807) is 0 Å². The van der Waals surface area contributed by atoms with E-state index in [0.29, 0.717) is 0 Å². The molecule has 0 saturated heterocycles. The molecule has 0 bridgehead atoms. The first-order valence-electron chi connectivity index (χ1n) is 9.49. The van der Waals surface area contributed by atoms with Gasteiger partial charge in [0.2, 0.25) is 0 Å². The Morgan fingerprint density at radius 3 is 1.20 bits per heavy atom. The number of rotatable bonds is 18. The quantitative estimate of drug-likeness (QED) is 0.112. The van der Waals surface area contributed by atoms with Crippen molar-refractivity contribution in [3.8, 4) is 0 Å². The van der Waals surface area contributed by atoms with E-state index >= 15 is 0 Å². The summed E-state index contributed by atoms with van der Waals surface area (Å²) < 4.78 is 23.2. The third-order valence-corrected chi connectivity index (χ3v) is 34.9. The molecule has 0 saturated carbocycles. The van der Waals surface area contributed by atoms with Crippen molar-refractivity contribution in [3.05, 3.63) is 50.6 Å². The van der Waals surface area contributed by atoms with Crippen molar-refractivity contribution in [2.45, 2.75) is 57.3 Å². The van der Waals surface area contributed by atoms with Crippen LogP contribution in [0.2, 0.25) is 17.7 Å². The summed E-state index contributed by atoms with van der Waals surface area (Å²) in [5.41, 5.74) is 0. The van der Waals surface area contributed by atoms with Crippen LogP contribution >= 0.6 is 0 Å². The second-order valence-electron chi connectivity index (χ2n) is 6.30. The average molecular weight is 564 g/mol. The van der Waals surface area contributed by atoms with E-state index in [1.807, 2.05) is 24.3 Å². The first-order chi connectivity index (χ1) is 12.1. The second kappa shape index (κ2) is 15.5. The van der Waals surface area contributed by atoms with E-state index in [9.17, 15) is 0 Å². The fourth-order valence-electron chi connectivity index (χ4n) is 2.65. The van der Waals surface area contributed by atoms with Crippen LogP contribution in [-0.4, -0.2) is 51.6 Å². The van der Waals surface area contributed by atoms with Gasteiger partial charge in [-0.3, -0.25) is 0 Å². The normalized spacial score (nSPS) is 11.9. The van der Waals surface area contributed by atoms with E-state index in [4.69, 9.17) is 7.56 Å². The van der Waals surface area contributed by atoms with Gasteiger partial charge in [0.25, 0.3) is 0 Å². The summed E-state index contributed by atoms with van der Waals surface area (Å²) in [7, 11) is 0. The summed E-state index contributed by atoms with van der Waals surface area (Å²) >= 11 is -6.71. The number of hydrogen-bond donors (Lipinski definition) is 0. The fraction of sp³-hybridized carbons (Fsp3) is 0.600. The van der Waals surface area contributed by atoms with Crippen molar-refractivity contribution in [2.75, 3.05) is 13.2 Å². The van der Waals surface area contributed by atoms with Crippen LogP contribution in [0.25, 0.3) is 0 Å². The molecule has 3 nitrogen and oxygen atoms in total. The molecule has 0 aromatic rings. The Labute approximate surface area is 166 Å². The summed E-state index contributed by atoms with van der Waals surface area (Å²) in [6, 6.07) is 0. The maximum absolute atomic E-state index is 6.97. The predicted octanol–water partition coefficient (Wildman–Crippen LogP) is 6.26. The van der Waals surface area contributed by atoms with Crippen molar-refractivity contribution < 1.29 is 7.56 Å². The molecule has 144 valence electrons. The van der Waals surface area contributed by atoms with Gasteiger partial charge in [-0.05, 0) is 0 Å². The Kier molecular flexibility index (Phi) is 15.8. The minimum absolute atomic E-state index is 0.757. The van der Waals surface area contributed by atoms with Crippen LogP contribution in [0.15, 0.2) is 50.6 Å². The summed E-state index contributed by atoms with van der Waals surface area (Å²) in [6.07, 6.45) is 12.2. The Morgan fingerprint density at radius 1 is 0.640 bits per heavy atom. The first kappa shape index (κ1) is 25.4. The van der Waals surface area contributed by atoms with E-state index in [1.165, 1.54) is 0 Å². The van der Waals surface area contributed by atoms with E-state index in [2.05, 4.69) is 40.2 Å². The minimum atomic E-state index is -3.36. The van der Waals surface area contributed by atoms with E-state index in [-0.39, 0.29) is 0 Å². The van der Waals surface area contributed by atoms with Gasteiger partial charge in [0.1, 0.15) is 0 Å². The molecule has 5 heteroatoms. The molecule has 0 amide bonds. The molecular weight excluding hydrogens is 526 g/mol. The van der Waals surface area contributed by atoms with Gasteiger partial charge in [-0.1, -0.05) is 0 Å². The van der Waals surface area contributed by atoms with Crippen LogP contribution in [0.4, 0.5) is 0 Å². The zero-order chi connectivity index (χ0) is 19.0. The first-order valence-corrected chi connectivity index (χ1v) is 22.2. The molecule has 0 N–H and O–H groups in total. The molecule has 0 aromatic heterocycles. The third kappa shape index (κ3) is 10.4. The van der Waals surface area contributed by atoms with E-state index < -0.39 is 38.4 Å². The van der Waals surface area contributed by atoms with Crippen LogP contribution in [0, 0.1) is 0 Å². The number of hydrogen-bond acceptors (Lipinski definition) is 3. The molecule has 0 fully saturated rings. The maximum atomic E-state index is 6.97. The van der Waals surface area contributed by atoms with Gasteiger partial charge >= 0.3 is 167 Å². The van der Waals surface area contributed by atoms with Crippen LogP contribution in [-0.2, 0) is 7.56 Å². The molecule has 0 aliphatic rings. The molecule has 0 aliphatic carbocycles. The Hall–Kier alpha value is 0.437. The van der Waals surface area contributed by atoms with E-state index in [0.717, 1.165) is 56.6 Å². The fourth-order valence-corrected chi connectivity index (χ4v) is 37.8. The molecule has 0 rings (SSSR count). The van der Waals surface area contributed by atoms with Crippen molar-refractivity contribution in [3.63, 3.8) is 0 Å². The number of unbranched alkanes of at least 4 members (excludes halogenated alkanes) is 2. The summed E-state index contributed by atoms with van der Waals surface area (Å²) in [5.74, 6) is 0. The van der Waals surface area contributed by atoms with Crippen molar-refractivity contribution in [1.29, 1.82) is 0 Å². The van der Waals surface area contributed by atoms with Crippen LogP contribution in [0.3, 0.4) is 0 Å². The molecule has 0 aromatic carbocycles. The molecule has 0 aliphatic heterocycles. The SMILES string of the molecule is C=C[CH2][Sn]([CH2]C=C)([O]CCCC)[O][Sn]([CH2]C=C)([CH2]C=C)[O]CCCC. The molecular formula is C20H38O3Sn2. The van der Waals surface area contributed by atoms with Crippen molar-refractivity contribution in [2.24, 2.45) is 0 Å². The monoisotopic (exact) mass is 566 g/mol. The number of allylic oxidation sites excluding steroid dienone is 4. The standard InChI is InChI=1S/2C4H9O.4C3H5.O.2Sn/c2*1-2-3-4-5;4*1-3-2;;;/h2*2-4H2,1H3;4*3H,1-2H2;;;/q2*-1;;;;;;2*+1. The Bertz CT molecular complexity index is 340. The van der Waals surface area contributed by atoms with Crippen LogP contribution in [0.1, 0.15) is 39.5 Å². The predicted molar refractivity (Wildman–Crippen MR) is 114 cm³/mol. The van der Waals surface area contributed by atoms with Gasteiger partial charge in [0.05, 0.1) is 0 Å². The second-order valence-corrected chi connectivity index (χ2v) is 27.5. The zero-order valence-electron chi connectivity index (χ0n) is 16.4. The summed E-state index contributed by atoms with van der Waals surface area (Å²) in [5, 5.41) is 0. The summed E-state index contributed by atoms with van der Waals surface area (Å²) in [6.45, 7) is 21.7. The van der Waals surface area contributed by atoms with Crippen molar-refractivity contribution >= 4 is 38.4 Å². The van der Waals surface area contributed by atoms with Crippen molar-refractivity contribution in [1.82, 2.24) is 0 Å². The molecule has 0 unspecified atom stereocenters. The van der Waals surface area contributed by atoms with Gasteiger partial charge in [-0.25, -0.2) is 0 Å². The third-order valence-electron chi connectivity index (χ3n) is 3.92. The molecule has 0 heterocycles. The zero-order valence-corrected chi connectivity index (χ0v) is 22.1. The summed E-state index contributed by atoms with van der Waals surface area (Å²) in [4.78, 5) is 0. The average Bonchev–Trinajstić information content (AvgIpc) is 2.56. The van der Waals surface area contributed by atoms with Gasteiger partial charge < -0.3 is 0 Å². The van der Waals surface area contributed by atoms with Gasteiger partial charge in [0.15, 0.2) is 0 Å². The molecule has 25 heavy (non-hydrogen) atoms. The van der Waals surface area contributed by atoms with Crippen LogP contribution in [0.5, 0.6) is 0 Å². The van der Waals surface area contributed by atoms with Crippen LogP contribution < -0.4 is 0 Å². The van der Waals surface area contributed by atoms with Gasteiger partial charge in [0, 0.05) is 0 Å². The topological polar surface area (TPSA) is 27.7 Å². The Morgan fingerprint density at radius 2 is 0.960 bits per heavy atom. The van der Waals surface area contributed by atoms with Gasteiger partial charge in [-0.2, -0.15) is 0 Å².